The van der Waals surface area contributed by atoms with E-state index in [4.69, 9.17) is 26.8 Å². The molecule has 0 fully saturated rings. The number of ether oxygens (including phenoxy) is 2. The number of hydrogen-bond donors (Lipinski definition) is 3. The summed E-state index contributed by atoms with van der Waals surface area (Å²) in [5.41, 5.74) is 6.35. The Hall–Kier alpha value is -2.93. The third-order valence-electron chi connectivity index (χ3n) is 3.18. The Kier molecular flexibility index (Phi) is 6.47. The predicted molar refractivity (Wildman–Crippen MR) is 96.0 cm³/mol. The van der Waals surface area contributed by atoms with Crippen LogP contribution < -0.4 is 25.8 Å². The van der Waals surface area contributed by atoms with E-state index in [1.54, 1.807) is 43.5 Å². The van der Waals surface area contributed by atoms with E-state index in [1.807, 2.05) is 0 Å². The van der Waals surface area contributed by atoms with Gasteiger partial charge in [-0.25, -0.2) is 0 Å². The summed E-state index contributed by atoms with van der Waals surface area (Å²) in [5.74, 6) is -0.215. The molecule has 8 heteroatoms. The fourth-order valence-corrected chi connectivity index (χ4v) is 2.06. The number of nitrogens with one attached hydrogen (secondary N) is 2. The number of carbonyl (C=O) groups is 2. The molecular weight excluding hydrogens is 346 g/mol. The number of rotatable bonds is 6. The van der Waals surface area contributed by atoms with E-state index < -0.39 is 11.8 Å². The summed E-state index contributed by atoms with van der Waals surface area (Å²) < 4.78 is 10.5. The van der Waals surface area contributed by atoms with Crippen LogP contribution in [0.1, 0.15) is 0 Å². The van der Waals surface area contributed by atoms with Crippen LogP contribution in [0.15, 0.2) is 42.5 Å². The van der Waals surface area contributed by atoms with Crippen LogP contribution in [0.5, 0.6) is 11.5 Å². The molecule has 0 saturated heterocycles. The fraction of sp³-hybridized carbons (Fsp3) is 0.176. The molecule has 2 rings (SSSR count). The molecule has 7 nitrogen and oxygen atoms in total. The summed E-state index contributed by atoms with van der Waals surface area (Å²) >= 11 is 5.86. The van der Waals surface area contributed by atoms with Crippen molar-refractivity contribution < 1.29 is 19.1 Å². The Labute approximate surface area is 150 Å². The summed E-state index contributed by atoms with van der Waals surface area (Å²) in [6, 6.07) is 11.6. The second-order valence-corrected chi connectivity index (χ2v) is 5.38. The van der Waals surface area contributed by atoms with E-state index in [0.717, 1.165) is 5.75 Å². The Bertz CT molecular complexity index is 750. The maximum atomic E-state index is 11.8. The highest BCUT2D eigenvalue weighted by Gasteiger charge is 2.13. The third kappa shape index (κ3) is 5.58. The second kappa shape index (κ2) is 8.79. The number of nitrogen functional groups attached to an aromatic ring is 1. The number of carbonyl (C=O) groups excluding carboxylic acids is 2. The Morgan fingerprint density at radius 1 is 1.08 bits per heavy atom. The molecule has 0 aliphatic carbocycles. The first-order chi connectivity index (χ1) is 12.0. The predicted octanol–water partition coefficient (Wildman–Crippen LogP) is 2.06. The number of halogens is 1. The van der Waals surface area contributed by atoms with Crippen LogP contribution in [-0.4, -0.2) is 32.1 Å². The lowest BCUT2D eigenvalue weighted by atomic mass is 10.3. The van der Waals surface area contributed by atoms with Gasteiger partial charge in [0.15, 0.2) is 0 Å². The molecule has 132 valence electrons. The smallest absolute Gasteiger partial charge is 0.313 e. The van der Waals surface area contributed by atoms with Crippen molar-refractivity contribution in [1.82, 2.24) is 5.32 Å². The van der Waals surface area contributed by atoms with Gasteiger partial charge in [0, 0.05) is 5.69 Å². The summed E-state index contributed by atoms with van der Waals surface area (Å²) in [4.78, 5) is 23.5. The van der Waals surface area contributed by atoms with Gasteiger partial charge in [-0.05, 0) is 42.5 Å². The molecule has 4 N–H and O–H groups in total. The molecule has 2 aromatic carbocycles. The molecule has 0 radical (unpaired) electrons. The first kappa shape index (κ1) is 18.4. The lowest BCUT2D eigenvalue weighted by molar-refractivity contribution is -0.136. The van der Waals surface area contributed by atoms with Crippen LogP contribution in [0.25, 0.3) is 0 Å². The molecule has 0 saturated carbocycles. The van der Waals surface area contributed by atoms with Gasteiger partial charge in [-0.3, -0.25) is 9.59 Å². The third-order valence-corrected chi connectivity index (χ3v) is 3.51. The van der Waals surface area contributed by atoms with E-state index in [2.05, 4.69) is 10.6 Å². The van der Waals surface area contributed by atoms with Crippen molar-refractivity contribution in [2.75, 3.05) is 31.3 Å². The van der Waals surface area contributed by atoms with Gasteiger partial charge in [0.2, 0.25) is 0 Å². The first-order valence-electron chi connectivity index (χ1n) is 7.40. The normalized spacial score (nSPS) is 10.0. The molecule has 0 unspecified atom stereocenters. The van der Waals surface area contributed by atoms with Gasteiger partial charge < -0.3 is 25.8 Å². The van der Waals surface area contributed by atoms with Gasteiger partial charge in [0.1, 0.15) is 18.1 Å². The van der Waals surface area contributed by atoms with Crippen LogP contribution in [0.2, 0.25) is 5.02 Å². The average molecular weight is 364 g/mol. The molecule has 0 heterocycles. The molecule has 0 bridgehead atoms. The minimum absolute atomic E-state index is 0.181. The van der Waals surface area contributed by atoms with Crippen molar-refractivity contribution >= 4 is 34.8 Å². The van der Waals surface area contributed by atoms with Crippen molar-refractivity contribution in [3.63, 3.8) is 0 Å². The quantitative estimate of drug-likeness (QED) is 0.414. The lowest BCUT2D eigenvalue weighted by Crippen LogP contribution is -2.37. The molecule has 0 aliphatic rings. The van der Waals surface area contributed by atoms with E-state index in [9.17, 15) is 9.59 Å². The van der Waals surface area contributed by atoms with Crippen molar-refractivity contribution in [3.8, 4) is 11.5 Å². The van der Waals surface area contributed by atoms with Gasteiger partial charge in [-0.1, -0.05) is 11.6 Å². The zero-order chi connectivity index (χ0) is 18.2. The van der Waals surface area contributed by atoms with Crippen LogP contribution in [0.3, 0.4) is 0 Å². The summed E-state index contributed by atoms with van der Waals surface area (Å²) in [6.45, 7) is 0.403. The van der Waals surface area contributed by atoms with Crippen LogP contribution in [0, 0.1) is 0 Å². The van der Waals surface area contributed by atoms with Crippen molar-refractivity contribution in [2.45, 2.75) is 0 Å². The Morgan fingerprint density at radius 3 is 2.40 bits per heavy atom. The average Bonchev–Trinajstić information content (AvgIpc) is 2.62. The van der Waals surface area contributed by atoms with E-state index in [0.29, 0.717) is 22.1 Å². The summed E-state index contributed by atoms with van der Waals surface area (Å²) in [7, 11) is 1.58. The maximum absolute atomic E-state index is 11.8. The highest BCUT2D eigenvalue weighted by molar-refractivity contribution is 6.40. The minimum atomic E-state index is -0.801. The molecule has 0 atom stereocenters. The standard InChI is InChI=1S/C17H18ClN3O4/c1-24-12-3-5-13(6-4-12)25-9-8-20-16(22)17(23)21-11-2-7-15(19)14(18)10-11/h2-7,10H,8-9,19H2,1H3,(H,20,22)(H,21,23). The summed E-state index contributed by atoms with van der Waals surface area (Å²) in [6.07, 6.45) is 0. The number of nitrogens with two attached hydrogens (primary N) is 1. The zero-order valence-electron chi connectivity index (χ0n) is 13.5. The molecule has 25 heavy (non-hydrogen) atoms. The van der Waals surface area contributed by atoms with Gasteiger partial charge in [0.05, 0.1) is 24.4 Å². The van der Waals surface area contributed by atoms with Crippen molar-refractivity contribution in [3.05, 3.63) is 47.5 Å². The van der Waals surface area contributed by atoms with Crippen LogP contribution in [0.4, 0.5) is 11.4 Å². The number of amides is 2. The fourth-order valence-electron chi connectivity index (χ4n) is 1.88. The second-order valence-electron chi connectivity index (χ2n) is 4.97. The van der Waals surface area contributed by atoms with Gasteiger partial charge >= 0.3 is 11.8 Å². The number of anilines is 2. The molecular formula is C17H18ClN3O4. The van der Waals surface area contributed by atoms with E-state index >= 15 is 0 Å². The number of hydrogen-bond acceptors (Lipinski definition) is 5. The molecule has 0 aromatic heterocycles. The van der Waals surface area contributed by atoms with Crippen molar-refractivity contribution in [2.24, 2.45) is 0 Å². The first-order valence-corrected chi connectivity index (χ1v) is 7.78. The SMILES string of the molecule is COc1ccc(OCCNC(=O)C(=O)Nc2ccc(N)c(Cl)c2)cc1. The van der Waals surface area contributed by atoms with Gasteiger partial charge in [-0.15, -0.1) is 0 Å². The summed E-state index contributed by atoms with van der Waals surface area (Å²) in [5, 5.41) is 5.20. The number of methoxy groups -OCH3 is 1. The highest BCUT2D eigenvalue weighted by Crippen LogP contribution is 2.22. The molecule has 0 spiro atoms. The van der Waals surface area contributed by atoms with Crippen molar-refractivity contribution in [1.29, 1.82) is 0 Å². The van der Waals surface area contributed by atoms with Crippen LogP contribution >= 0.6 is 11.6 Å². The molecule has 2 amide bonds. The Balaban J connectivity index is 1.73. The largest absolute Gasteiger partial charge is 0.497 e. The zero-order valence-corrected chi connectivity index (χ0v) is 14.3. The molecule has 2 aromatic rings. The maximum Gasteiger partial charge on any atom is 0.313 e. The van der Waals surface area contributed by atoms with Gasteiger partial charge in [-0.2, -0.15) is 0 Å². The monoisotopic (exact) mass is 363 g/mol. The Morgan fingerprint density at radius 2 is 1.76 bits per heavy atom. The van der Waals surface area contributed by atoms with E-state index in [1.165, 1.54) is 6.07 Å². The minimum Gasteiger partial charge on any atom is -0.497 e. The lowest BCUT2D eigenvalue weighted by Gasteiger charge is -2.09. The van der Waals surface area contributed by atoms with Crippen LogP contribution in [-0.2, 0) is 9.59 Å². The molecule has 0 aliphatic heterocycles. The topological polar surface area (TPSA) is 103 Å². The number of benzene rings is 2. The van der Waals surface area contributed by atoms with E-state index in [-0.39, 0.29) is 13.2 Å². The highest BCUT2D eigenvalue weighted by atomic mass is 35.5. The van der Waals surface area contributed by atoms with Gasteiger partial charge in [0.25, 0.3) is 0 Å².